The number of nitrogen functional groups attached to an aromatic ring is 1. The van der Waals surface area contributed by atoms with Crippen LogP contribution in [0.2, 0.25) is 0 Å². The van der Waals surface area contributed by atoms with Crippen LogP contribution in [0.1, 0.15) is 0 Å². The topological polar surface area (TPSA) is 97.1 Å². The molecule has 0 atom stereocenters. The van der Waals surface area contributed by atoms with Gasteiger partial charge < -0.3 is 11.1 Å². The summed E-state index contributed by atoms with van der Waals surface area (Å²) < 4.78 is 26.1. The van der Waals surface area contributed by atoms with Crippen molar-refractivity contribution in [2.45, 2.75) is 4.90 Å². The number of benzene rings is 3. The molecule has 8 heteroatoms. The fourth-order valence-corrected chi connectivity index (χ4v) is 3.75. The van der Waals surface area contributed by atoms with E-state index in [0.29, 0.717) is 5.69 Å². The van der Waals surface area contributed by atoms with Crippen molar-refractivity contribution in [1.29, 1.82) is 0 Å². The van der Waals surface area contributed by atoms with E-state index in [9.17, 15) is 8.42 Å². The quantitative estimate of drug-likeness (QED) is 0.346. The largest absolute Gasteiger partial charge is 0.399 e. The van der Waals surface area contributed by atoms with Crippen molar-refractivity contribution in [3.8, 4) is 0 Å². The number of rotatable bonds is 4. The number of fused-ring (bicyclic) bond motifs is 2. The standard InChI is InChI=1S/C20H18N4O2S.ClH/c1-22-27(25,26)15-9-7-14(8-10-15)23-20-16-4-2-3-5-18(16)24-19-12-13(21)6-11-17(19)20;/h2-12,22H,21H2,1H3,(H,23,24);1H. The molecule has 3 aromatic carbocycles. The number of hydrogen-bond acceptors (Lipinski definition) is 5. The molecule has 0 saturated heterocycles. The van der Waals surface area contributed by atoms with E-state index in [1.807, 2.05) is 42.5 Å². The first-order chi connectivity index (χ1) is 13.0. The maximum Gasteiger partial charge on any atom is 0.240 e. The highest BCUT2D eigenvalue weighted by Gasteiger charge is 2.12. The zero-order valence-electron chi connectivity index (χ0n) is 15.0. The summed E-state index contributed by atoms with van der Waals surface area (Å²) in [4.78, 5) is 4.91. The second-order valence-corrected chi connectivity index (χ2v) is 8.02. The summed E-state index contributed by atoms with van der Waals surface area (Å²) in [6.07, 6.45) is 0. The highest BCUT2D eigenvalue weighted by atomic mass is 35.5. The number of hydrogen-bond donors (Lipinski definition) is 3. The highest BCUT2D eigenvalue weighted by molar-refractivity contribution is 7.89. The molecule has 0 radical (unpaired) electrons. The summed E-state index contributed by atoms with van der Waals surface area (Å²) >= 11 is 0. The Labute approximate surface area is 169 Å². The second kappa shape index (κ2) is 7.63. The molecular weight excluding hydrogens is 396 g/mol. The molecule has 0 amide bonds. The molecular formula is C20H19ClN4O2S. The molecule has 28 heavy (non-hydrogen) atoms. The van der Waals surface area contributed by atoms with Crippen LogP contribution in [-0.2, 0) is 10.0 Å². The molecule has 4 rings (SSSR count). The van der Waals surface area contributed by atoms with Crippen LogP contribution in [0.5, 0.6) is 0 Å². The van der Waals surface area contributed by atoms with Crippen molar-refractivity contribution in [2.24, 2.45) is 0 Å². The first-order valence-electron chi connectivity index (χ1n) is 8.36. The predicted molar refractivity (Wildman–Crippen MR) is 117 cm³/mol. The predicted octanol–water partition coefficient (Wildman–Crippen LogP) is 4.04. The number of anilines is 3. The van der Waals surface area contributed by atoms with Crippen LogP contribution < -0.4 is 15.8 Å². The fraction of sp³-hybridized carbons (Fsp3) is 0.0500. The normalized spacial score (nSPS) is 11.3. The molecule has 0 aliphatic carbocycles. The lowest BCUT2D eigenvalue weighted by atomic mass is 10.1. The number of nitrogens with two attached hydrogens (primary N) is 1. The van der Waals surface area contributed by atoms with Gasteiger partial charge in [0.1, 0.15) is 0 Å². The van der Waals surface area contributed by atoms with Crippen molar-refractivity contribution < 1.29 is 8.42 Å². The minimum absolute atomic E-state index is 0. The van der Waals surface area contributed by atoms with Gasteiger partial charge in [-0.3, -0.25) is 0 Å². The number of sulfonamides is 1. The molecule has 0 spiro atoms. The van der Waals surface area contributed by atoms with Crippen LogP contribution in [0, 0.1) is 0 Å². The molecule has 1 aromatic heterocycles. The van der Waals surface area contributed by atoms with Gasteiger partial charge in [-0.25, -0.2) is 18.1 Å². The third-order valence-corrected chi connectivity index (χ3v) is 5.84. The van der Waals surface area contributed by atoms with E-state index >= 15 is 0 Å². The fourth-order valence-electron chi connectivity index (χ4n) is 3.02. The second-order valence-electron chi connectivity index (χ2n) is 6.14. The lowest BCUT2D eigenvalue weighted by Gasteiger charge is -2.14. The van der Waals surface area contributed by atoms with Crippen LogP contribution in [0.3, 0.4) is 0 Å². The van der Waals surface area contributed by atoms with E-state index in [-0.39, 0.29) is 17.3 Å². The first kappa shape index (κ1) is 19.9. The molecule has 0 fully saturated rings. The lowest BCUT2D eigenvalue weighted by molar-refractivity contribution is 0.588. The van der Waals surface area contributed by atoms with Crippen molar-refractivity contribution >= 4 is 61.3 Å². The van der Waals surface area contributed by atoms with Crippen LogP contribution >= 0.6 is 12.4 Å². The Morgan fingerprint density at radius 1 is 0.893 bits per heavy atom. The molecule has 4 aromatic rings. The average molecular weight is 415 g/mol. The molecule has 0 aliphatic rings. The summed E-state index contributed by atoms with van der Waals surface area (Å²) in [6, 6.07) is 20.1. The Morgan fingerprint density at radius 3 is 2.29 bits per heavy atom. The van der Waals surface area contributed by atoms with E-state index in [0.717, 1.165) is 33.2 Å². The van der Waals surface area contributed by atoms with Crippen molar-refractivity contribution in [1.82, 2.24) is 9.71 Å². The van der Waals surface area contributed by atoms with Crippen LogP contribution in [0.4, 0.5) is 17.1 Å². The van der Waals surface area contributed by atoms with E-state index in [2.05, 4.69) is 10.0 Å². The van der Waals surface area contributed by atoms with Gasteiger partial charge in [0.05, 0.1) is 21.6 Å². The van der Waals surface area contributed by atoms with Gasteiger partial charge in [0.25, 0.3) is 0 Å². The number of pyridine rings is 1. The monoisotopic (exact) mass is 414 g/mol. The molecule has 144 valence electrons. The Morgan fingerprint density at radius 2 is 1.57 bits per heavy atom. The smallest absolute Gasteiger partial charge is 0.240 e. The lowest BCUT2D eigenvalue weighted by Crippen LogP contribution is -2.18. The number of aromatic nitrogens is 1. The van der Waals surface area contributed by atoms with E-state index in [1.165, 1.54) is 7.05 Å². The van der Waals surface area contributed by atoms with Gasteiger partial charge in [-0.05, 0) is 55.6 Å². The zero-order valence-corrected chi connectivity index (χ0v) is 16.6. The van der Waals surface area contributed by atoms with Gasteiger partial charge in [-0.2, -0.15) is 0 Å². The SMILES string of the molecule is CNS(=O)(=O)c1ccc(Nc2c3ccccc3nc3cc(N)ccc23)cc1.Cl. The minimum Gasteiger partial charge on any atom is -0.399 e. The Balaban J connectivity index is 0.00000225. The summed E-state index contributed by atoms with van der Waals surface area (Å²) in [6.45, 7) is 0. The molecule has 0 bridgehead atoms. The number of para-hydroxylation sites is 1. The van der Waals surface area contributed by atoms with Gasteiger partial charge in [0.15, 0.2) is 0 Å². The Kier molecular flexibility index (Phi) is 5.42. The Bertz CT molecular complexity index is 1260. The molecule has 0 unspecified atom stereocenters. The number of nitrogens with zero attached hydrogens (tertiary/aromatic N) is 1. The molecule has 6 nitrogen and oxygen atoms in total. The van der Waals surface area contributed by atoms with Gasteiger partial charge >= 0.3 is 0 Å². The summed E-state index contributed by atoms with van der Waals surface area (Å²) in [7, 11) is -2.07. The van der Waals surface area contributed by atoms with E-state index in [1.54, 1.807) is 24.3 Å². The van der Waals surface area contributed by atoms with Crippen LogP contribution in [0.25, 0.3) is 21.8 Å². The zero-order chi connectivity index (χ0) is 19.0. The summed E-state index contributed by atoms with van der Waals surface area (Å²) in [5.74, 6) is 0. The van der Waals surface area contributed by atoms with E-state index in [4.69, 9.17) is 10.7 Å². The number of nitrogens with one attached hydrogen (secondary N) is 2. The van der Waals surface area contributed by atoms with Gasteiger partial charge in [-0.1, -0.05) is 18.2 Å². The Hall–Kier alpha value is -2.87. The maximum absolute atomic E-state index is 11.9. The maximum atomic E-state index is 11.9. The minimum atomic E-state index is -3.46. The molecule has 1 heterocycles. The van der Waals surface area contributed by atoms with Gasteiger partial charge in [0.2, 0.25) is 10.0 Å². The molecule has 0 saturated carbocycles. The average Bonchev–Trinajstić information content (AvgIpc) is 2.68. The van der Waals surface area contributed by atoms with E-state index < -0.39 is 10.0 Å². The summed E-state index contributed by atoms with van der Waals surface area (Å²) in [5.41, 5.74) is 9.90. The van der Waals surface area contributed by atoms with Crippen molar-refractivity contribution in [2.75, 3.05) is 18.1 Å². The van der Waals surface area contributed by atoms with Crippen molar-refractivity contribution in [3.63, 3.8) is 0 Å². The molecule has 4 N–H and O–H groups in total. The molecule has 0 aliphatic heterocycles. The van der Waals surface area contributed by atoms with Gasteiger partial charge in [-0.15, -0.1) is 12.4 Å². The van der Waals surface area contributed by atoms with Crippen LogP contribution in [0.15, 0.2) is 71.6 Å². The van der Waals surface area contributed by atoms with Crippen LogP contribution in [-0.4, -0.2) is 20.4 Å². The first-order valence-corrected chi connectivity index (χ1v) is 9.85. The summed E-state index contributed by atoms with van der Waals surface area (Å²) in [5, 5.41) is 5.32. The number of halogens is 1. The van der Waals surface area contributed by atoms with Gasteiger partial charge in [0, 0.05) is 22.1 Å². The third kappa shape index (κ3) is 3.60. The van der Waals surface area contributed by atoms with Crippen molar-refractivity contribution in [3.05, 3.63) is 66.7 Å². The highest BCUT2D eigenvalue weighted by Crippen LogP contribution is 2.34. The third-order valence-electron chi connectivity index (χ3n) is 4.41.